The molecule has 2 rings (SSSR count). The first-order valence-electron chi connectivity index (χ1n) is 7.67. The minimum absolute atomic E-state index is 0.0838. The normalized spacial score (nSPS) is 18.9. The highest BCUT2D eigenvalue weighted by Gasteiger charge is 2.27. The number of nitrogens with one attached hydrogen (secondary N) is 1. The number of hydrogen-bond donors (Lipinski definition) is 2. The van der Waals surface area contributed by atoms with Gasteiger partial charge in [0.25, 0.3) is 0 Å². The first-order valence-corrected chi connectivity index (χ1v) is 8.05. The summed E-state index contributed by atoms with van der Waals surface area (Å²) in [4.78, 5) is 2.30. The summed E-state index contributed by atoms with van der Waals surface area (Å²) in [6, 6.07) is 6.27. The van der Waals surface area contributed by atoms with E-state index in [-0.39, 0.29) is 5.54 Å². The fourth-order valence-corrected chi connectivity index (χ4v) is 2.72. The molecule has 0 aliphatic carbocycles. The van der Waals surface area contributed by atoms with Crippen LogP contribution in [0.3, 0.4) is 0 Å². The topological polar surface area (TPSA) is 35.5 Å². The second-order valence-corrected chi connectivity index (χ2v) is 7.77. The van der Waals surface area contributed by atoms with E-state index in [1.807, 2.05) is 13.0 Å². The SMILES string of the molecule is CC1(O)CCN(c2ccc(CNC(C)(C)C)c(Cl)c2)CC1. The van der Waals surface area contributed by atoms with Gasteiger partial charge in [0.15, 0.2) is 0 Å². The van der Waals surface area contributed by atoms with Crippen molar-refractivity contribution in [1.29, 1.82) is 0 Å². The summed E-state index contributed by atoms with van der Waals surface area (Å²) >= 11 is 6.42. The van der Waals surface area contributed by atoms with E-state index in [1.54, 1.807) is 0 Å². The fraction of sp³-hybridized carbons (Fsp3) is 0.647. The lowest BCUT2D eigenvalue weighted by Crippen LogP contribution is -2.42. The molecule has 1 aliphatic heterocycles. The minimum atomic E-state index is -0.517. The van der Waals surface area contributed by atoms with Gasteiger partial charge in [0.05, 0.1) is 5.60 Å². The molecule has 1 aromatic carbocycles. The van der Waals surface area contributed by atoms with Gasteiger partial charge < -0.3 is 15.3 Å². The van der Waals surface area contributed by atoms with Gasteiger partial charge in [-0.2, -0.15) is 0 Å². The molecule has 0 aromatic heterocycles. The predicted octanol–water partition coefficient (Wildman–Crippen LogP) is 3.58. The van der Waals surface area contributed by atoms with Crippen LogP contribution in [0.4, 0.5) is 5.69 Å². The maximum Gasteiger partial charge on any atom is 0.0653 e. The monoisotopic (exact) mass is 310 g/mol. The van der Waals surface area contributed by atoms with Crippen molar-refractivity contribution >= 4 is 17.3 Å². The maximum absolute atomic E-state index is 10.0. The molecule has 1 heterocycles. The zero-order chi connectivity index (χ0) is 15.7. The van der Waals surface area contributed by atoms with Crippen LogP contribution in [0.5, 0.6) is 0 Å². The third-order valence-electron chi connectivity index (χ3n) is 4.05. The third kappa shape index (κ3) is 4.87. The van der Waals surface area contributed by atoms with Crippen molar-refractivity contribution in [3.05, 3.63) is 28.8 Å². The summed E-state index contributed by atoms with van der Waals surface area (Å²) in [5, 5.41) is 14.3. The first kappa shape index (κ1) is 16.6. The molecule has 0 spiro atoms. The fourth-order valence-electron chi connectivity index (χ4n) is 2.48. The van der Waals surface area contributed by atoms with Gasteiger partial charge in [0.2, 0.25) is 0 Å². The number of hydrogen-bond acceptors (Lipinski definition) is 3. The van der Waals surface area contributed by atoms with E-state index in [9.17, 15) is 5.11 Å². The highest BCUT2D eigenvalue weighted by molar-refractivity contribution is 6.31. The summed E-state index contributed by atoms with van der Waals surface area (Å²) in [5.74, 6) is 0. The van der Waals surface area contributed by atoms with Crippen LogP contribution in [0.25, 0.3) is 0 Å². The van der Waals surface area contributed by atoms with Crippen LogP contribution >= 0.6 is 11.6 Å². The summed E-state index contributed by atoms with van der Waals surface area (Å²) in [7, 11) is 0. The van der Waals surface area contributed by atoms with Gasteiger partial charge >= 0.3 is 0 Å². The van der Waals surface area contributed by atoms with E-state index in [1.165, 1.54) is 0 Å². The lowest BCUT2D eigenvalue weighted by atomic mass is 9.93. The molecule has 0 bridgehead atoms. The molecule has 1 fully saturated rings. The molecule has 3 nitrogen and oxygen atoms in total. The molecule has 0 atom stereocenters. The van der Waals surface area contributed by atoms with Crippen molar-refractivity contribution in [2.75, 3.05) is 18.0 Å². The van der Waals surface area contributed by atoms with Crippen molar-refractivity contribution in [2.24, 2.45) is 0 Å². The lowest BCUT2D eigenvalue weighted by Gasteiger charge is -2.37. The van der Waals surface area contributed by atoms with E-state index in [0.717, 1.165) is 48.7 Å². The Kier molecular flexibility index (Phi) is 4.86. The number of halogens is 1. The number of piperidine rings is 1. The van der Waals surface area contributed by atoms with Crippen LogP contribution in [0.2, 0.25) is 5.02 Å². The predicted molar refractivity (Wildman–Crippen MR) is 90.1 cm³/mol. The van der Waals surface area contributed by atoms with Crippen molar-refractivity contribution in [2.45, 2.75) is 58.2 Å². The highest BCUT2D eigenvalue weighted by atomic mass is 35.5. The molecule has 1 aromatic rings. The molecule has 4 heteroatoms. The first-order chi connectivity index (χ1) is 9.66. The van der Waals surface area contributed by atoms with Crippen LogP contribution in [-0.4, -0.2) is 29.3 Å². The van der Waals surface area contributed by atoms with Gasteiger partial charge in [0, 0.05) is 35.9 Å². The molecule has 0 unspecified atom stereocenters. The van der Waals surface area contributed by atoms with Gasteiger partial charge in [-0.15, -0.1) is 0 Å². The van der Waals surface area contributed by atoms with Crippen molar-refractivity contribution in [3.63, 3.8) is 0 Å². The van der Waals surface area contributed by atoms with E-state index < -0.39 is 5.60 Å². The molecule has 0 amide bonds. The molecule has 1 aliphatic rings. The molecular weight excluding hydrogens is 284 g/mol. The quantitative estimate of drug-likeness (QED) is 0.896. The minimum Gasteiger partial charge on any atom is -0.390 e. The van der Waals surface area contributed by atoms with Gasteiger partial charge in [-0.25, -0.2) is 0 Å². The number of rotatable bonds is 3. The molecule has 0 radical (unpaired) electrons. The Labute approximate surface area is 133 Å². The maximum atomic E-state index is 10.0. The second kappa shape index (κ2) is 6.15. The Morgan fingerprint density at radius 2 is 1.90 bits per heavy atom. The average Bonchev–Trinajstić information content (AvgIpc) is 2.36. The van der Waals surface area contributed by atoms with Gasteiger partial charge in [-0.05, 0) is 58.2 Å². The van der Waals surface area contributed by atoms with Crippen molar-refractivity contribution in [3.8, 4) is 0 Å². The van der Waals surface area contributed by atoms with Crippen LogP contribution in [0.1, 0.15) is 46.1 Å². The molecule has 118 valence electrons. The van der Waals surface area contributed by atoms with E-state index >= 15 is 0 Å². The van der Waals surface area contributed by atoms with Crippen LogP contribution in [0, 0.1) is 0 Å². The molecule has 1 saturated heterocycles. The van der Waals surface area contributed by atoms with E-state index in [4.69, 9.17) is 11.6 Å². The molecule has 0 saturated carbocycles. The van der Waals surface area contributed by atoms with Crippen LogP contribution in [0.15, 0.2) is 18.2 Å². The van der Waals surface area contributed by atoms with Gasteiger partial charge in [0.1, 0.15) is 0 Å². The average molecular weight is 311 g/mol. The number of anilines is 1. The zero-order valence-electron chi connectivity index (χ0n) is 13.5. The van der Waals surface area contributed by atoms with Gasteiger partial charge in [-0.1, -0.05) is 17.7 Å². The zero-order valence-corrected chi connectivity index (χ0v) is 14.3. The number of nitrogens with zero attached hydrogens (tertiary/aromatic N) is 1. The van der Waals surface area contributed by atoms with Gasteiger partial charge in [-0.3, -0.25) is 0 Å². The standard InChI is InChI=1S/C17H27ClN2O/c1-16(2,3)19-12-13-5-6-14(11-15(13)18)20-9-7-17(4,21)8-10-20/h5-6,11,19,21H,7-10,12H2,1-4H3. The lowest BCUT2D eigenvalue weighted by molar-refractivity contribution is 0.0351. The second-order valence-electron chi connectivity index (χ2n) is 7.36. The summed E-state index contributed by atoms with van der Waals surface area (Å²) in [5.41, 5.74) is 1.84. The highest BCUT2D eigenvalue weighted by Crippen LogP contribution is 2.29. The Balaban J connectivity index is 2.02. The van der Waals surface area contributed by atoms with Crippen molar-refractivity contribution < 1.29 is 5.11 Å². The summed E-state index contributed by atoms with van der Waals surface area (Å²) in [6.45, 7) is 10.9. The summed E-state index contributed by atoms with van der Waals surface area (Å²) < 4.78 is 0. The smallest absolute Gasteiger partial charge is 0.0653 e. The van der Waals surface area contributed by atoms with Crippen LogP contribution < -0.4 is 10.2 Å². The number of benzene rings is 1. The third-order valence-corrected chi connectivity index (χ3v) is 4.40. The Hall–Kier alpha value is -0.770. The Morgan fingerprint density at radius 3 is 2.43 bits per heavy atom. The van der Waals surface area contributed by atoms with E-state index in [2.05, 4.69) is 43.1 Å². The van der Waals surface area contributed by atoms with Crippen molar-refractivity contribution in [1.82, 2.24) is 5.32 Å². The number of aliphatic hydroxyl groups is 1. The molecule has 21 heavy (non-hydrogen) atoms. The largest absolute Gasteiger partial charge is 0.390 e. The Morgan fingerprint density at radius 1 is 1.29 bits per heavy atom. The van der Waals surface area contributed by atoms with Crippen LogP contribution in [-0.2, 0) is 6.54 Å². The molecule has 2 N–H and O–H groups in total. The Bertz CT molecular complexity index is 484. The summed E-state index contributed by atoms with van der Waals surface area (Å²) in [6.07, 6.45) is 1.61. The van der Waals surface area contributed by atoms with E-state index in [0.29, 0.717) is 0 Å². The molecular formula is C17H27ClN2O.